The maximum absolute atomic E-state index is 11.6. The minimum absolute atomic E-state index is 0.0677. The van der Waals surface area contributed by atoms with Gasteiger partial charge in [-0.3, -0.25) is 9.59 Å². The van der Waals surface area contributed by atoms with Gasteiger partial charge in [-0.15, -0.1) is 0 Å². The smallest absolute Gasteiger partial charge is 0.328 e. The SMILES string of the molecule is NCCCCC(N)(C(=O)O)C1=CC(=O)C=CC1=O. The van der Waals surface area contributed by atoms with E-state index < -0.39 is 23.1 Å². The average Bonchev–Trinajstić information content (AvgIpc) is 2.32. The number of carbonyl (C=O) groups is 3. The summed E-state index contributed by atoms with van der Waals surface area (Å²) in [5.41, 5.74) is 9.13. The highest BCUT2D eigenvalue weighted by atomic mass is 16.4. The van der Waals surface area contributed by atoms with E-state index in [4.69, 9.17) is 11.5 Å². The summed E-state index contributed by atoms with van der Waals surface area (Å²) in [6.07, 6.45) is 4.29. The van der Waals surface area contributed by atoms with Gasteiger partial charge in [0.05, 0.1) is 0 Å². The van der Waals surface area contributed by atoms with Gasteiger partial charge >= 0.3 is 5.97 Å². The van der Waals surface area contributed by atoms with Gasteiger partial charge in [0.15, 0.2) is 11.6 Å². The van der Waals surface area contributed by atoms with Gasteiger partial charge in [-0.25, -0.2) is 4.79 Å². The van der Waals surface area contributed by atoms with E-state index in [1.54, 1.807) is 0 Å². The molecule has 0 bridgehead atoms. The topological polar surface area (TPSA) is 123 Å². The molecule has 1 aliphatic rings. The van der Waals surface area contributed by atoms with E-state index in [1.165, 1.54) is 0 Å². The third-order valence-corrected chi connectivity index (χ3v) is 2.84. The van der Waals surface area contributed by atoms with Crippen LogP contribution in [-0.4, -0.2) is 34.7 Å². The Balaban J connectivity index is 3.00. The number of rotatable bonds is 6. The molecule has 1 aliphatic carbocycles. The Hall–Kier alpha value is -1.79. The second-order valence-electron chi connectivity index (χ2n) is 4.18. The molecule has 0 aromatic heterocycles. The summed E-state index contributed by atoms with van der Waals surface area (Å²) >= 11 is 0. The lowest BCUT2D eigenvalue weighted by molar-refractivity contribution is -0.143. The third-order valence-electron chi connectivity index (χ3n) is 2.84. The summed E-state index contributed by atoms with van der Waals surface area (Å²) in [5, 5.41) is 9.20. The second-order valence-corrected chi connectivity index (χ2v) is 4.18. The zero-order valence-electron chi connectivity index (χ0n) is 9.89. The predicted octanol–water partition coefficient (Wildman–Crippen LogP) is -0.468. The van der Waals surface area contributed by atoms with Gasteiger partial charge < -0.3 is 16.6 Å². The van der Waals surface area contributed by atoms with Crippen LogP contribution in [0.4, 0.5) is 0 Å². The van der Waals surface area contributed by atoms with Crippen LogP contribution in [0.15, 0.2) is 23.8 Å². The number of carboxylic acid groups (broad SMARTS) is 1. The Morgan fingerprint density at radius 2 is 1.94 bits per heavy atom. The standard InChI is InChI=1S/C12H16N2O4/c13-6-2-1-5-12(14,11(17)18)9-7-8(15)3-4-10(9)16/h3-4,7H,1-2,5-6,13-14H2,(H,17,18). The number of allylic oxidation sites excluding steroid dienone is 3. The minimum Gasteiger partial charge on any atom is -0.480 e. The summed E-state index contributed by atoms with van der Waals surface area (Å²) in [4.78, 5) is 34.2. The molecule has 0 amide bonds. The van der Waals surface area contributed by atoms with E-state index in [-0.39, 0.29) is 12.0 Å². The number of ketones is 2. The molecule has 0 aromatic carbocycles. The van der Waals surface area contributed by atoms with Crippen molar-refractivity contribution in [3.63, 3.8) is 0 Å². The average molecular weight is 252 g/mol. The van der Waals surface area contributed by atoms with Gasteiger partial charge in [0.1, 0.15) is 5.54 Å². The quantitative estimate of drug-likeness (QED) is 0.434. The molecule has 0 saturated carbocycles. The minimum atomic E-state index is -1.83. The first kappa shape index (κ1) is 14.3. The van der Waals surface area contributed by atoms with Crippen LogP contribution in [0.2, 0.25) is 0 Å². The number of carboxylic acids is 1. The van der Waals surface area contributed by atoms with Crippen LogP contribution >= 0.6 is 0 Å². The first-order valence-electron chi connectivity index (χ1n) is 5.62. The summed E-state index contributed by atoms with van der Waals surface area (Å²) in [5.74, 6) is -2.28. The molecule has 0 radical (unpaired) electrons. The fraction of sp³-hybridized carbons (Fsp3) is 0.417. The number of unbranched alkanes of at least 4 members (excludes halogenated alkanes) is 1. The van der Waals surface area contributed by atoms with Crippen molar-refractivity contribution < 1.29 is 19.5 Å². The van der Waals surface area contributed by atoms with Gasteiger partial charge in [0, 0.05) is 5.57 Å². The van der Waals surface area contributed by atoms with Crippen LogP contribution in [0.1, 0.15) is 19.3 Å². The lowest BCUT2D eigenvalue weighted by Gasteiger charge is -2.27. The number of carbonyl (C=O) groups excluding carboxylic acids is 2. The van der Waals surface area contributed by atoms with E-state index >= 15 is 0 Å². The number of hydrogen-bond donors (Lipinski definition) is 3. The Bertz CT molecular complexity index is 439. The van der Waals surface area contributed by atoms with Crippen molar-refractivity contribution in [2.45, 2.75) is 24.8 Å². The fourth-order valence-electron chi connectivity index (χ4n) is 1.76. The van der Waals surface area contributed by atoms with Crippen LogP contribution < -0.4 is 11.5 Å². The Kier molecular flexibility index (Phi) is 4.52. The van der Waals surface area contributed by atoms with Gasteiger partial charge in [-0.05, 0) is 44.0 Å². The maximum atomic E-state index is 11.6. The predicted molar refractivity (Wildman–Crippen MR) is 64.7 cm³/mol. The van der Waals surface area contributed by atoms with E-state index in [1.807, 2.05) is 0 Å². The van der Waals surface area contributed by atoms with Crippen molar-refractivity contribution in [2.24, 2.45) is 11.5 Å². The summed E-state index contributed by atoms with van der Waals surface area (Å²) in [7, 11) is 0. The molecule has 0 saturated heterocycles. The molecule has 5 N–H and O–H groups in total. The molecule has 1 rings (SSSR count). The van der Waals surface area contributed by atoms with Gasteiger partial charge in [-0.1, -0.05) is 0 Å². The highest BCUT2D eigenvalue weighted by molar-refractivity contribution is 6.20. The van der Waals surface area contributed by atoms with Crippen molar-refractivity contribution in [1.29, 1.82) is 0 Å². The molecule has 6 nitrogen and oxygen atoms in total. The Morgan fingerprint density at radius 3 is 2.50 bits per heavy atom. The molecule has 18 heavy (non-hydrogen) atoms. The molecule has 98 valence electrons. The first-order valence-corrected chi connectivity index (χ1v) is 5.62. The normalized spacial score (nSPS) is 18.4. The zero-order chi connectivity index (χ0) is 13.8. The van der Waals surface area contributed by atoms with E-state index in [0.29, 0.717) is 19.4 Å². The number of aliphatic carboxylic acids is 1. The van der Waals surface area contributed by atoms with E-state index in [0.717, 1.165) is 18.2 Å². The van der Waals surface area contributed by atoms with Crippen molar-refractivity contribution in [3.8, 4) is 0 Å². The van der Waals surface area contributed by atoms with Crippen LogP contribution in [0, 0.1) is 0 Å². The second kappa shape index (κ2) is 5.70. The van der Waals surface area contributed by atoms with Crippen LogP contribution in [0.5, 0.6) is 0 Å². The van der Waals surface area contributed by atoms with Crippen LogP contribution in [0.3, 0.4) is 0 Å². The van der Waals surface area contributed by atoms with Gasteiger partial charge in [0.25, 0.3) is 0 Å². The molecule has 0 fully saturated rings. The molecular weight excluding hydrogens is 236 g/mol. The van der Waals surface area contributed by atoms with Gasteiger partial charge in [0.2, 0.25) is 0 Å². The first-order chi connectivity index (χ1) is 8.41. The molecule has 0 heterocycles. The summed E-state index contributed by atoms with van der Waals surface area (Å²) in [6, 6.07) is 0. The molecule has 1 unspecified atom stereocenters. The Morgan fingerprint density at radius 1 is 1.28 bits per heavy atom. The third kappa shape index (κ3) is 2.91. The summed E-state index contributed by atoms with van der Waals surface area (Å²) < 4.78 is 0. The van der Waals surface area contributed by atoms with E-state index in [2.05, 4.69) is 0 Å². The monoisotopic (exact) mass is 252 g/mol. The number of nitrogens with two attached hydrogens (primary N) is 2. The lowest BCUT2D eigenvalue weighted by atomic mass is 9.81. The van der Waals surface area contributed by atoms with Crippen molar-refractivity contribution >= 4 is 17.5 Å². The van der Waals surface area contributed by atoms with Crippen molar-refractivity contribution in [1.82, 2.24) is 0 Å². The lowest BCUT2D eigenvalue weighted by Crippen LogP contribution is -2.52. The highest BCUT2D eigenvalue weighted by Crippen LogP contribution is 2.24. The van der Waals surface area contributed by atoms with E-state index in [9.17, 15) is 19.5 Å². The summed E-state index contributed by atoms with van der Waals surface area (Å²) in [6.45, 7) is 0.418. The van der Waals surface area contributed by atoms with Crippen molar-refractivity contribution in [2.75, 3.05) is 6.54 Å². The molecule has 1 atom stereocenters. The van der Waals surface area contributed by atoms with Gasteiger partial charge in [-0.2, -0.15) is 0 Å². The molecule has 0 aliphatic heterocycles. The fourth-order valence-corrected chi connectivity index (χ4v) is 1.76. The molecule has 0 spiro atoms. The van der Waals surface area contributed by atoms with Crippen LogP contribution in [0.25, 0.3) is 0 Å². The molecular formula is C12H16N2O4. The van der Waals surface area contributed by atoms with Crippen LogP contribution in [-0.2, 0) is 14.4 Å². The maximum Gasteiger partial charge on any atom is 0.328 e. The highest BCUT2D eigenvalue weighted by Gasteiger charge is 2.41. The largest absolute Gasteiger partial charge is 0.480 e. The zero-order valence-corrected chi connectivity index (χ0v) is 9.89. The number of hydrogen-bond acceptors (Lipinski definition) is 5. The molecule has 6 heteroatoms. The Labute approximate surface area is 104 Å². The molecule has 0 aromatic rings. The van der Waals surface area contributed by atoms with Crippen molar-refractivity contribution in [3.05, 3.63) is 23.8 Å².